The quantitative estimate of drug-likeness (QED) is 0.555. The zero-order valence-corrected chi connectivity index (χ0v) is 19.3. The van der Waals surface area contributed by atoms with E-state index in [1.165, 1.54) is 4.31 Å². The van der Waals surface area contributed by atoms with Crippen molar-refractivity contribution in [2.24, 2.45) is 5.92 Å². The summed E-state index contributed by atoms with van der Waals surface area (Å²) in [6, 6.07) is 13.9. The summed E-state index contributed by atoms with van der Waals surface area (Å²) in [5, 5.41) is 2.96. The van der Waals surface area contributed by atoms with E-state index in [-0.39, 0.29) is 17.3 Å². The Balaban J connectivity index is 2.29. The summed E-state index contributed by atoms with van der Waals surface area (Å²) in [6.45, 7) is 8.37. The van der Waals surface area contributed by atoms with Crippen molar-refractivity contribution in [2.45, 2.75) is 58.3 Å². The van der Waals surface area contributed by atoms with E-state index in [0.29, 0.717) is 18.2 Å². The van der Waals surface area contributed by atoms with Gasteiger partial charge in [0.2, 0.25) is 5.91 Å². The summed E-state index contributed by atoms with van der Waals surface area (Å²) in [5.41, 5.74) is 2.28. The highest BCUT2D eigenvalue weighted by atomic mass is 32.2. The molecule has 0 aliphatic heterocycles. The molecule has 5 nitrogen and oxygen atoms in total. The Kier molecular flexibility index (Phi) is 8.90. The van der Waals surface area contributed by atoms with Crippen LogP contribution in [0, 0.1) is 19.8 Å². The van der Waals surface area contributed by atoms with Crippen molar-refractivity contribution < 1.29 is 13.2 Å². The molecule has 164 valence electrons. The van der Waals surface area contributed by atoms with Crippen molar-refractivity contribution in [1.29, 1.82) is 0 Å². The van der Waals surface area contributed by atoms with Crippen LogP contribution in [-0.4, -0.2) is 27.4 Å². The van der Waals surface area contributed by atoms with Gasteiger partial charge in [0.25, 0.3) is 10.0 Å². The summed E-state index contributed by atoms with van der Waals surface area (Å²) in [5.74, 6) is 0.124. The molecular formula is C24H34N2O3S. The van der Waals surface area contributed by atoms with Crippen molar-refractivity contribution >= 4 is 21.6 Å². The Hall–Kier alpha value is -2.34. The molecule has 0 radical (unpaired) electrons. The molecule has 0 bridgehead atoms. The molecule has 0 aromatic heterocycles. The molecule has 0 saturated carbocycles. The second kappa shape index (κ2) is 11.2. The fourth-order valence-corrected chi connectivity index (χ4v) is 4.89. The van der Waals surface area contributed by atoms with E-state index in [1.54, 1.807) is 30.3 Å². The van der Waals surface area contributed by atoms with Gasteiger partial charge >= 0.3 is 0 Å². The number of anilines is 1. The lowest BCUT2D eigenvalue weighted by Gasteiger charge is -2.26. The van der Waals surface area contributed by atoms with Crippen molar-refractivity contribution in [3.8, 4) is 0 Å². The number of hydrogen-bond acceptors (Lipinski definition) is 3. The number of unbranched alkanes of at least 4 members (excludes halogenated alkanes) is 1. The molecule has 30 heavy (non-hydrogen) atoms. The molecule has 1 unspecified atom stereocenters. The van der Waals surface area contributed by atoms with Gasteiger partial charge in [-0.05, 0) is 55.5 Å². The van der Waals surface area contributed by atoms with Crippen LogP contribution in [0.2, 0.25) is 0 Å². The van der Waals surface area contributed by atoms with Crippen LogP contribution in [-0.2, 0) is 14.8 Å². The molecular weight excluding hydrogens is 396 g/mol. The highest BCUT2D eigenvalue weighted by molar-refractivity contribution is 7.92. The molecule has 0 spiro atoms. The number of nitrogens with one attached hydrogen (secondary N) is 1. The summed E-state index contributed by atoms with van der Waals surface area (Å²) in [4.78, 5) is 13.0. The smallest absolute Gasteiger partial charge is 0.264 e. The minimum absolute atomic E-state index is 0.174. The molecule has 1 atom stereocenters. The molecule has 0 saturated heterocycles. The molecule has 2 rings (SSSR count). The van der Waals surface area contributed by atoms with Gasteiger partial charge in [-0.3, -0.25) is 9.10 Å². The monoisotopic (exact) mass is 430 g/mol. The minimum Gasteiger partial charge on any atom is -0.354 e. The van der Waals surface area contributed by atoms with Crippen molar-refractivity contribution in [3.63, 3.8) is 0 Å². The van der Waals surface area contributed by atoms with Crippen LogP contribution in [0.25, 0.3) is 0 Å². The lowest BCUT2D eigenvalue weighted by atomic mass is 9.99. The van der Waals surface area contributed by atoms with E-state index < -0.39 is 10.0 Å². The van der Waals surface area contributed by atoms with Gasteiger partial charge in [0.15, 0.2) is 0 Å². The largest absolute Gasteiger partial charge is 0.354 e. The van der Waals surface area contributed by atoms with Crippen LogP contribution in [0.5, 0.6) is 0 Å². The third kappa shape index (κ3) is 6.33. The van der Waals surface area contributed by atoms with E-state index in [9.17, 15) is 13.2 Å². The highest BCUT2D eigenvalue weighted by Crippen LogP contribution is 2.27. The Morgan fingerprint density at radius 1 is 1.07 bits per heavy atom. The third-order valence-corrected chi connectivity index (χ3v) is 7.16. The molecule has 6 heteroatoms. The van der Waals surface area contributed by atoms with Crippen LogP contribution in [0.4, 0.5) is 5.69 Å². The summed E-state index contributed by atoms with van der Waals surface area (Å²) >= 11 is 0. The summed E-state index contributed by atoms with van der Waals surface area (Å²) in [6.07, 6.45) is 4.31. The zero-order valence-electron chi connectivity index (χ0n) is 18.5. The number of nitrogens with zero attached hydrogens (tertiary/aromatic N) is 1. The number of carbonyl (C=O) groups is 1. The number of benzene rings is 2. The second-order valence-electron chi connectivity index (χ2n) is 7.84. The van der Waals surface area contributed by atoms with E-state index in [1.807, 2.05) is 32.0 Å². The average Bonchev–Trinajstić information content (AvgIpc) is 2.74. The first-order chi connectivity index (χ1) is 14.3. The van der Waals surface area contributed by atoms with E-state index in [0.717, 1.165) is 36.8 Å². The van der Waals surface area contributed by atoms with Crippen LogP contribution in [0.3, 0.4) is 0 Å². The van der Waals surface area contributed by atoms with Gasteiger partial charge in [0, 0.05) is 6.54 Å². The Morgan fingerprint density at radius 3 is 2.40 bits per heavy atom. The standard InChI is InChI=1S/C24H34N2O3S/c1-5-7-11-21(6-2)17-25-24(27)18-26(23-16-19(3)14-15-20(23)4)30(28,29)22-12-9-8-10-13-22/h8-10,12-16,21H,5-7,11,17-18H2,1-4H3,(H,25,27). The molecule has 2 aromatic carbocycles. The van der Waals surface area contributed by atoms with Gasteiger partial charge < -0.3 is 5.32 Å². The Labute approximate surface area is 181 Å². The molecule has 1 N–H and O–H groups in total. The first-order valence-electron chi connectivity index (χ1n) is 10.7. The van der Waals surface area contributed by atoms with Crippen LogP contribution in [0.1, 0.15) is 50.7 Å². The van der Waals surface area contributed by atoms with E-state index >= 15 is 0 Å². The normalized spacial score (nSPS) is 12.4. The average molecular weight is 431 g/mol. The van der Waals surface area contributed by atoms with Gasteiger partial charge in [-0.2, -0.15) is 0 Å². The summed E-state index contributed by atoms with van der Waals surface area (Å²) < 4.78 is 28.1. The van der Waals surface area contributed by atoms with Crippen LogP contribution >= 0.6 is 0 Å². The van der Waals surface area contributed by atoms with Gasteiger partial charge in [-0.1, -0.05) is 63.4 Å². The maximum absolute atomic E-state index is 13.4. The molecule has 0 fully saturated rings. The first-order valence-corrected chi connectivity index (χ1v) is 12.1. The van der Waals surface area contributed by atoms with Gasteiger partial charge in [-0.25, -0.2) is 8.42 Å². The lowest BCUT2D eigenvalue weighted by Crippen LogP contribution is -2.42. The topological polar surface area (TPSA) is 66.5 Å². The molecule has 2 aromatic rings. The number of rotatable bonds is 11. The van der Waals surface area contributed by atoms with Crippen molar-refractivity contribution in [2.75, 3.05) is 17.4 Å². The fraction of sp³-hybridized carbons (Fsp3) is 0.458. The number of carbonyl (C=O) groups excluding carboxylic acids is 1. The van der Waals surface area contributed by atoms with E-state index in [4.69, 9.17) is 0 Å². The van der Waals surface area contributed by atoms with Crippen LogP contribution in [0.15, 0.2) is 53.4 Å². The Morgan fingerprint density at radius 2 is 1.77 bits per heavy atom. The third-order valence-electron chi connectivity index (χ3n) is 5.38. The van der Waals surface area contributed by atoms with Gasteiger partial charge in [0.05, 0.1) is 10.6 Å². The van der Waals surface area contributed by atoms with Crippen LogP contribution < -0.4 is 9.62 Å². The zero-order chi connectivity index (χ0) is 22.1. The minimum atomic E-state index is -3.87. The van der Waals surface area contributed by atoms with Gasteiger partial charge in [-0.15, -0.1) is 0 Å². The predicted octanol–water partition coefficient (Wildman–Crippen LogP) is 4.83. The predicted molar refractivity (Wildman–Crippen MR) is 123 cm³/mol. The lowest BCUT2D eigenvalue weighted by molar-refractivity contribution is -0.119. The highest BCUT2D eigenvalue weighted by Gasteiger charge is 2.28. The van der Waals surface area contributed by atoms with E-state index in [2.05, 4.69) is 19.2 Å². The SMILES string of the molecule is CCCCC(CC)CNC(=O)CN(c1cc(C)ccc1C)S(=O)(=O)c1ccccc1. The van der Waals surface area contributed by atoms with Crippen molar-refractivity contribution in [3.05, 3.63) is 59.7 Å². The fourth-order valence-electron chi connectivity index (χ4n) is 3.40. The number of sulfonamides is 1. The molecule has 0 heterocycles. The summed E-state index contributed by atoms with van der Waals surface area (Å²) in [7, 11) is -3.87. The second-order valence-corrected chi connectivity index (χ2v) is 9.70. The first kappa shape index (κ1) is 23.9. The molecule has 0 aliphatic carbocycles. The number of hydrogen-bond donors (Lipinski definition) is 1. The maximum atomic E-state index is 13.4. The van der Waals surface area contributed by atoms with Crippen molar-refractivity contribution in [1.82, 2.24) is 5.32 Å². The molecule has 0 aliphatic rings. The molecule has 1 amide bonds. The maximum Gasteiger partial charge on any atom is 0.264 e. The number of amides is 1. The Bertz CT molecular complexity index is 927. The number of aryl methyl sites for hydroxylation is 2. The van der Waals surface area contributed by atoms with Gasteiger partial charge in [0.1, 0.15) is 6.54 Å².